The Labute approximate surface area is 118 Å². The van der Waals surface area contributed by atoms with Gasteiger partial charge in [-0.2, -0.15) is 5.26 Å². The fraction of sp³-hybridized carbons (Fsp3) is 0.188. The smallest absolute Gasteiger partial charge is 0.0992 e. The van der Waals surface area contributed by atoms with E-state index >= 15 is 0 Å². The lowest BCUT2D eigenvalue weighted by Crippen LogP contribution is -2.11. The van der Waals surface area contributed by atoms with E-state index in [4.69, 9.17) is 16.9 Å². The Hall–Kier alpha value is -1.98. The fourth-order valence-electron chi connectivity index (χ4n) is 2.16. The van der Waals surface area contributed by atoms with Crippen LogP contribution in [-0.4, -0.2) is 7.05 Å². The Bertz CT molecular complexity index is 656. The lowest BCUT2D eigenvalue weighted by Gasteiger charge is -2.23. The molecule has 0 aliphatic heterocycles. The zero-order chi connectivity index (χ0) is 14.0. The van der Waals surface area contributed by atoms with Gasteiger partial charge in [0.05, 0.1) is 22.3 Å². The van der Waals surface area contributed by atoms with Crippen LogP contribution in [0, 0.1) is 25.2 Å². The normalized spacial score (nSPS) is 10.1. The number of rotatable bonds is 2. The van der Waals surface area contributed by atoms with Crippen molar-refractivity contribution in [2.45, 2.75) is 13.8 Å². The molecule has 0 radical (unpaired) electrons. The summed E-state index contributed by atoms with van der Waals surface area (Å²) in [5.74, 6) is 0. The molecule has 0 saturated heterocycles. The molecule has 2 aromatic carbocycles. The molecule has 0 saturated carbocycles. The van der Waals surface area contributed by atoms with Gasteiger partial charge in [-0.3, -0.25) is 0 Å². The van der Waals surface area contributed by atoms with Gasteiger partial charge < -0.3 is 4.90 Å². The highest BCUT2D eigenvalue weighted by Gasteiger charge is 2.11. The second kappa shape index (κ2) is 5.34. The number of aryl methyl sites for hydroxylation is 2. The topological polar surface area (TPSA) is 27.0 Å². The molecule has 0 bridgehead atoms. The number of nitriles is 1. The number of hydrogen-bond donors (Lipinski definition) is 0. The zero-order valence-corrected chi connectivity index (χ0v) is 12.0. The van der Waals surface area contributed by atoms with Gasteiger partial charge in [-0.05, 0) is 43.7 Å². The summed E-state index contributed by atoms with van der Waals surface area (Å²) in [5.41, 5.74) is 5.01. The summed E-state index contributed by atoms with van der Waals surface area (Å²) in [7, 11) is 1.98. The van der Waals surface area contributed by atoms with Crippen LogP contribution in [0.1, 0.15) is 16.7 Å². The van der Waals surface area contributed by atoms with Crippen molar-refractivity contribution in [3.05, 3.63) is 58.1 Å². The molecule has 3 heteroatoms. The van der Waals surface area contributed by atoms with Crippen LogP contribution < -0.4 is 4.90 Å². The summed E-state index contributed by atoms with van der Waals surface area (Å²) in [6.07, 6.45) is 0. The highest BCUT2D eigenvalue weighted by molar-refractivity contribution is 6.33. The minimum Gasteiger partial charge on any atom is -0.343 e. The molecule has 0 aliphatic carbocycles. The predicted octanol–water partition coefficient (Wildman–Crippen LogP) is 4.60. The van der Waals surface area contributed by atoms with Crippen molar-refractivity contribution in [3.8, 4) is 6.07 Å². The van der Waals surface area contributed by atoms with Gasteiger partial charge in [-0.25, -0.2) is 0 Å². The average Bonchev–Trinajstić information content (AvgIpc) is 2.37. The van der Waals surface area contributed by atoms with E-state index in [1.165, 1.54) is 11.1 Å². The average molecular weight is 271 g/mol. The first kappa shape index (κ1) is 13.5. The van der Waals surface area contributed by atoms with Crippen molar-refractivity contribution in [2.24, 2.45) is 0 Å². The molecule has 2 aromatic rings. The van der Waals surface area contributed by atoms with Gasteiger partial charge in [0.25, 0.3) is 0 Å². The van der Waals surface area contributed by atoms with Crippen LogP contribution in [0.2, 0.25) is 5.02 Å². The van der Waals surface area contributed by atoms with Gasteiger partial charge in [0, 0.05) is 12.7 Å². The Morgan fingerprint density at radius 3 is 2.32 bits per heavy atom. The van der Waals surface area contributed by atoms with Gasteiger partial charge in [-0.1, -0.05) is 29.3 Å². The molecular formula is C16H15ClN2. The molecule has 0 aliphatic rings. The molecular weight excluding hydrogens is 256 g/mol. The molecule has 0 spiro atoms. The van der Waals surface area contributed by atoms with Crippen molar-refractivity contribution >= 4 is 23.0 Å². The standard InChI is InChI=1S/C16H15ClN2/c1-11-4-6-15(12(2)8-11)19(3)16-7-5-13(10-18)9-14(16)17/h4-9H,1-3H3. The van der Waals surface area contributed by atoms with Gasteiger partial charge >= 0.3 is 0 Å². The number of anilines is 2. The SMILES string of the molecule is Cc1ccc(N(C)c2ccc(C#N)cc2Cl)c(C)c1. The molecule has 0 aromatic heterocycles. The van der Waals surface area contributed by atoms with E-state index in [1.54, 1.807) is 12.1 Å². The Balaban J connectivity index is 2.44. The summed E-state index contributed by atoms with van der Waals surface area (Å²) in [6, 6.07) is 13.7. The van der Waals surface area contributed by atoms with E-state index in [0.29, 0.717) is 10.6 Å². The minimum atomic E-state index is 0.572. The van der Waals surface area contributed by atoms with Crippen LogP contribution in [-0.2, 0) is 0 Å². The Morgan fingerprint density at radius 2 is 1.74 bits per heavy atom. The van der Waals surface area contributed by atoms with Crippen LogP contribution in [0.25, 0.3) is 0 Å². The third kappa shape index (κ3) is 2.72. The van der Waals surface area contributed by atoms with Crippen molar-refractivity contribution < 1.29 is 0 Å². The lowest BCUT2D eigenvalue weighted by molar-refractivity contribution is 1.18. The van der Waals surface area contributed by atoms with Crippen LogP contribution in [0.5, 0.6) is 0 Å². The Morgan fingerprint density at radius 1 is 1.05 bits per heavy atom. The molecule has 0 heterocycles. The number of halogens is 1. The Kier molecular flexibility index (Phi) is 3.78. The second-order valence-electron chi connectivity index (χ2n) is 4.63. The third-order valence-corrected chi connectivity index (χ3v) is 3.45. The first-order valence-electron chi connectivity index (χ1n) is 6.03. The zero-order valence-electron chi connectivity index (χ0n) is 11.2. The molecule has 19 heavy (non-hydrogen) atoms. The minimum absolute atomic E-state index is 0.572. The number of benzene rings is 2. The van der Waals surface area contributed by atoms with E-state index in [-0.39, 0.29) is 0 Å². The molecule has 0 fully saturated rings. The first-order valence-corrected chi connectivity index (χ1v) is 6.41. The van der Waals surface area contributed by atoms with E-state index < -0.39 is 0 Å². The summed E-state index contributed by atoms with van der Waals surface area (Å²) >= 11 is 6.24. The highest BCUT2D eigenvalue weighted by atomic mass is 35.5. The predicted molar refractivity (Wildman–Crippen MR) is 80.1 cm³/mol. The molecule has 0 atom stereocenters. The largest absolute Gasteiger partial charge is 0.343 e. The lowest BCUT2D eigenvalue weighted by atomic mass is 10.1. The summed E-state index contributed by atoms with van der Waals surface area (Å²) in [5, 5.41) is 9.45. The van der Waals surface area contributed by atoms with Crippen LogP contribution in [0.15, 0.2) is 36.4 Å². The van der Waals surface area contributed by atoms with Gasteiger partial charge in [0.15, 0.2) is 0 Å². The van der Waals surface area contributed by atoms with Crippen molar-refractivity contribution in [1.82, 2.24) is 0 Å². The maximum Gasteiger partial charge on any atom is 0.0992 e. The monoisotopic (exact) mass is 270 g/mol. The maximum atomic E-state index is 8.86. The molecule has 0 N–H and O–H groups in total. The van der Waals surface area contributed by atoms with Crippen molar-refractivity contribution in [2.75, 3.05) is 11.9 Å². The van der Waals surface area contributed by atoms with E-state index in [9.17, 15) is 0 Å². The molecule has 2 nitrogen and oxygen atoms in total. The highest BCUT2D eigenvalue weighted by Crippen LogP contribution is 2.33. The quantitative estimate of drug-likeness (QED) is 0.798. The molecule has 0 amide bonds. The molecule has 96 valence electrons. The van der Waals surface area contributed by atoms with Crippen LogP contribution in [0.4, 0.5) is 11.4 Å². The summed E-state index contributed by atoms with van der Waals surface area (Å²) in [6.45, 7) is 4.15. The fourth-order valence-corrected chi connectivity index (χ4v) is 2.47. The second-order valence-corrected chi connectivity index (χ2v) is 5.03. The maximum absolute atomic E-state index is 8.86. The van der Waals surface area contributed by atoms with E-state index in [0.717, 1.165) is 11.4 Å². The summed E-state index contributed by atoms with van der Waals surface area (Å²) in [4.78, 5) is 2.04. The third-order valence-electron chi connectivity index (χ3n) is 3.15. The van der Waals surface area contributed by atoms with Crippen LogP contribution in [0.3, 0.4) is 0 Å². The first-order chi connectivity index (χ1) is 9.02. The van der Waals surface area contributed by atoms with Crippen molar-refractivity contribution in [1.29, 1.82) is 5.26 Å². The summed E-state index contributed by atoms with van der Waals surface area (Å²) < 4.78 is 0. The molecule has 2 rings (SSSR count). The van der Waals surface area contributed by atoms with Gasteiger partial charge in [0.2, 0.25) is 0 Å². The van der Waals surface area contributed by atoms with E-state index in [1.807, 2.05) is 18.0 Å². The van der Waals surface area contributed by atoms with Gasteiger partial charge in [0.1, 0.15) is 0 Å². The van der Waals surface area contributed by atoms with Crippen LogP contribution >= 0.6 is 11.6 Å². The van der Waals surface area contributed by atoms with Crippen molar-refractivity contribution in [3.63, 3.8) is 0 Å². The number of nitrogens with zero attached hydrogens (tertiary/aromatic N) is 2. The van der Waals surface area contributed by atoms with Gasteiger partial charge in [-0.15, -0.1) is 0 Å². The number of hydrogen-bond acceptors (Lipinski definition) is 2. The molecule has 0 unspecified atom stereocenters. The van der Waals surface area contributed by atoms with E-state index in [2.05, 4.69) is 38.1 Å².